The molecular formula is C22H32N2O7S. The van der Waals surface area contributed by atoms with Gasteiger partial charge in [-0.3, -0.25) is 0 Å². The topological polar surface area (TPSA) is 102 Å². The van der Waals surface area contributed by atoms with Crippen molar-refractivity contribution in [1.29, 1.82) is 0 Å². The first kappa shape index (κ1) is 25.8. The van der Waals surface area contributed by atoms with E-state index in [1.165, 1.54) is 35.6 Å². The molecule has 1 aliphatic rings. The molecule has 1 aromatic carbocycles. The Kier molecular flexibility index (Phi) is 8.82. The highest BCUT2D eigenvalue weighted by molar-refractivity contribution is 7.89. The number of methoxy groups -OCH3 is 2. The van der Waals surface area contributed by atoms with Crippen LogP contribution in [0.2, 0.25) is 0 Å². The Morgan fingerprint density at radius 2 is 1.53 bits per heavy atom. The van der Waals surface area contributed by atoms with E-state index in [0.717, 1.165) is 0 Å². The highest BCUT2D eigenvalue weighted by Gasteiger charge is 2.33. The van der Waals surface area contributed by atoms with Crippen molar-refractivity contribution in [1.82, 2.24) is 4.31 Å². The van der Waals surface area contributed by atoms with Crippen molar-refractivity contribution in [3.8, 4) is 0 Å². The fourth-order valence-electron chi connectivity index (χ4n) is 3.38. The minimum atomic E-state index is -3.70. The number of esters is 2. The first-order chi connectivity index (χ1) is 15.0. The molecule has 9 nitrogen and oxygen atoms in total. The van der Waals surface area contributed by atoms with Gasteiger partial charge < -0.3 is 19.1 Å². The second-order valence-corrected chi connectivity index (χ2v) is 10.3. The zero-order valence-corrected chi connectivity index (χ0v) is 20.3. The Morgan fingerprint density at radius 3 is 2.00 bits per heavy atom. The number of anilines is 1. The van der Waals surface area contributed by atoms with Crippen LogP contribution < -0.4 is 4.90 Å². The highest BCUT2D eigenvalue weighted by atomic mass is 32.2. The largest absolute Gasteiger partial charge is 0.466 e. The van der Waals surface area contributed by atoms with Gasteiger partial charge in [-0.15, -0.1) is 0 Å². The molecule has 0 radical (unpaired) electrons. The maximum Gasteiger partial charge on any atom is 0.355 e. The zero-order chi connectivity index (χ0) is 24.1. The number of benzene rings is 1. The first-order valence-electron chi connectivity index (χ1n) is 10.4. The first-order valence-corrected chi connectivity index (χ1v) is 11.8. The summed E-state index contributed by atoms with van der Waals surface area (Å²) in [4.78, 5) is 26.2. The van der Waals surface area contributed by atoms with Crippen molar-refractivity contribution in [3.63, 3.8) is 0 Å². The summed E-state index contributed by atoms with van der Waals surface area (Å²) in [5.74, 6) is -1.06. The van der Waals surface area contributed by atoms with Crippen molar-refractivity contribution >= 4 is 27.6 Å². The molecule has 0 unspecified atom stereocenters. The molecule has 2 rings (SSSR count). The third-order valence-electron chi connectivity index (χ3n) is 4.76. The lowest BCUT2D eigenvalue weighted by molar-refractivity contribution is -0.140. The molecule has 1 aliphatic heterocycles. The molecule has 10 heteroatoms. The van der Waals surface area contributed by atoms with Gasteiger partial charge in [-0.05, 0) is 36.1 Å². The highest BCUT2D eigenvalue weighted by Crippen LogP contribution is 2.28. The van der Waals surface area contributed by atoms with Crippen LogP contribution in [0, 0.1) is 11.8 Å². The van der Waals surface area contributed by atoms with Crippen LogP contribution >= 0.6 is 0 Å². The minimum Gasteiger partial charge on any atom is -0.466 e. The number of hydrogen-bond donors (Lipinski definition) is 0. The summed E-state index contributed by atoms with van der Waals surface area (Å²) < 4.78 is 43.0. The van der Waals surface area contributed by atoms with E-state index in [1.54, 1.807) is 12.1 Å². The molecule has 0 N–H and O–H groups in total. The fourth-order valence-corrected chi connectivity index (χ4v) is 5.15. The number of sulfonamides is 1. The lowest BCUT2D eigenvalue weighted by Crippen LogP contribution is -2.39. The smallest absolute Gasteiger partial charge is 0.355 e. The number of carbonyl (C=O) groups is 2. The second-order valence-electron chi connectivity index (χ2n) is 8.32. The lowest BCUT2D eigenvalue weighted by atomic mass is 10.1. The standard InChI is InChI=1S/C22H32N2O7S/c1-15(2)11-23(12-16(3)4)32(27,28)18-9-7-17(8-10-18)24-14-31-13-19(21(25)29-5)20(24)22(26)30-6/h7-10,15-16H,11-14H2,1-6H3. The maximum atomic E-state index is 13.2. The van der Waals surface area contributed by atoms with Crippen LogP contribution in [0.3, 0.4) is 0 Å². The third-order valence-corrected chi connectivity index (χ3v) is 6.60. The predicted molar refractivity (Wildman–Crippen MR) is 119 cm³/mol. The monoisotopic (exact) mass is 468 g/mol. The van der Waals surface area contributed by atoms with E-state index < -0.39 is 22.0 Å². The fraction of sp³-hybridized carbons (Fsp3) is 0.545. The van der Waals surface area contributed by atoms with Crippen LogP contribution in [-0.4, -0.2) is 65.3 Å². The minimum absolute atomic E-state index is 0.00227. The quantitative estimate of drug-likeness (QED) is 0.509. The molecule has 0 spiro atoms. The molecule has 32 heavy (non-hydrogen) atoms. The molecule has 178 valence electrons. The third kappa shape index (κ3) is 5.87. The van der Waals surface area contributed by atoms with E-state index in [0.29, 0.717) is 18.8 Å². The van der Waals surface area contributed by atoms with Crippen LogP contribution in [-0.2, 0) is 33.8 Å². The van der Waals surface area contributed by atoms with Gasteiger partial charge >= 0.3 is 11.9 Å². The van der Waals surface area contributed by atoms with Gasteiger partial charge in [0.1, 0.15) is 12.4 Å². The van der Waals surface area contributed by atoms with Gasteiger partial charge in [0.25, 0.3) is 0 Å². The Morgan fingerprint density at radius 1 is 1.00 bits per heavy atom. The zero-order valence-electron chi connectivity index (χ0n) is 19.5. The normalized spacial score (nSPS) is 15.0. The van der Waals surface area contributed by atoms with Gasteiger partial charge in [0.05, 0.1) is 31.3 Å². The van der Waals surface area contributed by atoms with Crippen LogP contribution in [0.5, 0.6) is 0 Å². The van der Waals surface area contributed by atoms with E-state index >= 15 is 0 Å². The van der Waals surface area contributed by atoms with Gasteiger partial charge in [-0.1, -0.05) is 27.7 Å². The van der Waals surface area contributed by atoms with Gasteiger partial charge in [0.15, 0.2) is 0 Å². The molecule has 0 saturated heterocycles. The van der Waals surface area contributed by atoms with Crippen LogP contribution in [0.4, 0.5) is 5.69 Å². The molecule has 0 aromatic heterocycles. The van der Waals surface area contributed by atoms with E-state index in [-0.39, 0.29) is 41.3 Å². The molecule has 1 heterocycles. The second kappa shape index (κ2) is 10.9. The molecule has 0 fully saturated rings. The van der Waals surface area contributed by atoms with Crippen LogP contribution in [0.15, 0.2) is 40.4 Å². The van der Waals surface area contributed by atoms with Crippen molar-refractivity contribution < 1.29 is 32.2 Å². The lowest BCUT2D eigenvalue weighted by Gasteiger charge is -2.31. The van der Waals surface area contributed by atoms with E-state index in [9.17, 15) is 18.0 Å². The molecule has 0 atom stereocenters. The van der Waals surface area contributed by atoms with Gasteiger partial charge in [-0.25, -0.2) is 18.0 Å². The summed E-state index contributed by atoms with van der Waals surface area (Å²) in [6, 6.07) is 6.12. The Hall–Kier alpha value is -2.43. The number of carbonyl (C=O) groups excluding carboxylic acids is 2. The Balaban J connectivity index is 2.43. The number of nitrogens with zero attached hydrogens (tertiary/aromatic N) is 2. The molecular weight excluding hydrogens is 436 g/mol. The van der Waals surface area contributed by atoms with Crippen LogP contribution in [0.1, 0.15) is 27.7 Å². The summed E-state index contributed by atoms with van der Waals surface area (Å²) >= 11 is 0. The number of hydrogen-bond acceptors (Lipinski definition) is 8. The summed E-state index contributed by atoms with van der Waals surface area (Å²) in [7, 11) is -1.27. The molecule has 1 aromatic rings. The molecule has 0 bridgehead atoms. The van der Waals surface area contributed by atoms with Crippen molar-refractivity contribution in [2.75, 3.05) is 45.5 Å². The average molecular weight is 469 g/mol. The van der Waals surface area contributed by atoms with E-state index in [4.69, 9.17) is 14.2 Å². The van der Waals surface area contributed by atoms with Crippen molar-refractivity contribution in [3.05, 3.63) is 35.5 Å². The summed E-state index contributed by atoms with van der Waals surface area (Å²) in [6.45, 7) is 8.62. The number of ether oxygens (including phenoxy) is 3. The average Bonchev–Trinajstić information content (AvgIpc) is 2.76. The molecule has 0 amide bonds. The Bertz CT molecular complexity index is 943. The van der Waals surface area contributed by atoms with Crippen molar-refractivity contribution in [2.45, 2.75) is 32.6 Å². The van der Waals surface area contributed by atoms with Gasteiger partial charge in [0, 0.05) is 18.8 Å². The van der Waals surface area contributed by atoms with Crippen LogP contribution in [0.25, 0.3) is 0 Å². The van der Waals surface area contributed by atoms with E-state index in [1.807, 2.05) is 27.7 Å². The van der Waals surface area contributed by atoms with E-state index in [2.05, 4.69) is 0 Å². The summed E-state index contributed by atoms with van der Waals surface area (Å²) in [5, 5.41) is 0. The predicted octanol–water partition coefficient (Wildman–Crippen LogP) is 2.38. The maximum absolute atomic E-state index is 13.2. The van der Waals surface area contributed by atoms with Gasteiger partial charge in [0.2, 0.25) is 10.0 Å². The van der Waals surface area contributed by atoms with Gasteiger partial charge in [-0.2, -0.15) is 4.31 Å². The molecule has 0 saturated carbocycles. The molecule has 0 aliphatic carbocycles. The SMILES string of the molecule is COC(=O)C1=C(C(=O)OC)N(c2ccc(S(=O)(=O)N(CC(C)C)CC(C)C)cc2)COC1. The summed E-state index contributed by atoms with van der Waals surface area (Å²) in [5.41, 5.74) is 0.509. The summed E-state index contributed by atoms with van der Waals surface area (Å²) in [6.07, 6.45) is 0. The number of rotatable bonds is 9. The van der Waals surface area contributed by atoms with Crippen molar-refractivity contribution in [2.24, 2.45) is 11.8 Å². The Labute approximate surface area is 190 Å².